The van der Waals surface area contributed by atoms with E-state index in [1.807, 2.05) is 30.3 Å². The molecule has 0 saturated heterocycles. The van der Waals surface area contributed by atoms with Crippen LogP contribution >= 0.6 is 0 Å². The number of amides is 1. The van der Waals surface area contributed by atoms with Crippen molar-refractivity contribution in [2.75, 3.05) is 11.9 Å². The monoisotopic (exact) mass is 349 g/mol. The predicted molar refractivity (Wildman–Crippen MR) is 103 cm³/mol. The van der Waals surface area contributed by atoms with E-state index in [2.05, 4.69) is 17.4 Å². The van der Waals surface area contributed by atoms with Crippen molar-refractivity contribution in [3.8, 4) is 0 Å². The lowest BCUT2D eigenvalue weighted by Gasteiger charge is -2.07. The normalized spacial score (nSPS) is 12.8. The van der Waals surface area contributed by atoms with Gasteiger partial charge in [-0.05, 0) is 66.6 Å². The SMILES string of the molecule is CCOC(=O)/C=C/c1ccc(NC(=O)Cc2ccc3c(c2)CCC3)cc1. The molecule has 3 rings (SSSR count). The number of carbonyl (C=O) groups excluding carboxylic acids is 2. The van der Waals surface area contributed by atoms with Crippen molar-refractivity contribution in [3.63, 3.8) is 0 Å². The molecule has 26 heavy (non-hydrogen) atoms. The second kappa shape index (κ2) is 8.48. The first-order chi connectivity index (χ1) is 12.6. The highest BCUT2D eigenvalue weighted by atomic mass is 16.5. The molecule has 4 nitrogen and oxygen atoms in total. The molecule has 4 heteroatoms. The number of carbonyl (C=O) groups is 2. The topological polar surface area (TPSA) is 55.4 Å². The Morgan fingerprint density at radius 2 is 1.85 bits per heavy atom. The number of rotatable bonds is 6. The van der Waals surface area contributed by atoms with E-state index in [-0.39, 0.29) is 11.9 Å². The van der Waals surface area contributed by atoms with Crippen LogP contribution in [0.2, 0.25) is 0 Å². The molecule has 0 aromatic heterocycles. The molecule has 1 N–H and O–H groups in total. The van der Waals surface area contributed by atoms with Gasteiger partial charge < -0.3 is 10.1 Å². The summed E-state index contributed by atoms with van der Waals surface area (Å²) in [4.78, 5) is 23.6. The number of hydrogen-bond donors (Lipinski definition) is 1. The summed E-state index contributed by atoms with van der Waals surface area (Å²) in [7, 11) is 0. The first-order valence-corrected chi connectivity index (χ1v) is 8.99. The van der Waals surface area contributed by atoms with Gasteiger partial charge in [0.15, 0.2) is 0 Å². The molecule has 134 valence electrons. The predicted octanol–water partition coefficient (Wildman–Crippen LogP) is 3.93. The maximum Gasteiger partial charge on any atom is 0.330 e. The third kappa shape index (κ3) is 4.82. The summed E-state index contributed by atoms with van der Waals surface area (Å²) in [6.07, 6.45) is 6.93. The molecule has 1 aliphatic rings. The molecule has 0 aliphatic heterocycles. The minimum atomic E-state index is -0.362. The number of anilines is 1. The molecule has 0 spiro atoms. The minimum Gasteiger partial charge on any atom is -0.463 e. The zero-order valence-corrected chi connectivity index (χ0v) is 15.0. The Balaban J connectivity index is 1.55. The molecule has 0 unspecified atom stereocenters. The molecule has 0 fully saturated rings. The number of nitrogens with one attached hydrogen (secondary N) is 1. The Labute approximate surface area is 153 Å². The lowest BCUT2D eigenvalue weighted by Crippen LogP contribution is -2.14. The van der Waals surface area contributed by atoms with Crippen molar-refractivity contribution in [1.82, 2.24) is 0 Å². The number of benzene rings is 2. The quantitative estimate of drug-likeness (QED) is 0.635. The smallest absolute Gasteiger partial charge is 0.330 e. The third-order valence-electron chi connectivity index (χ3n) is 4.42. The maximum absolute atomic E-state index is 12.3. The van der Waals surface area contributed by atoms with E-state index in [0.717, 1.165) is 29.7 Å². The van der Waals surface area contributed by atoms with Crippen molar-refractivity contribution in [1.29, 1.82) is 0 Å². The van der Waals surface area contributed by atoms with Crippen LogP contribution in [0.4, 0.5) is 5.69 Å². The summed E-state index contributed by atoms with van der Waals surface area (Å²) < 4.78 is 4.84. The number of hydrogen-bond acceptors (Lipinski definition) is 3. The Morgan fingerprint density at radius 3 is 2.62 bits per heavy atom. The van der Waals surface area contributed by atoms with Crippen molar-refractivity contribution < 1.29 is 14.3 Å². The summed E-state index contributed by atoms with van der Waals surface area (Å²) in [6.45, 7) is 2.13. The Hall–Kier alpha value is -2.88. The molecule has 0 saturated carbocycles. The molecule has 0 atom stereocenters. The van der Waals surface area contributed by atoms with Gasteiger partial charge in [-0.25, -0.2) is 4.79 Å². The van der Waals surface area contributed by atoms with Crippen LogP contribution in [0.1, 0.15) is 35.6 Å². The molecule has 0 radical (unpaired) electrons. The molecular formula is C22H23NO3. The molecule has 1 amide bonds. The zero-order valence-electron chi connectivity index (χ0n) is 15.0. The molecular weight excluding hydrogens is 326 g/mol. The van der Waals surface area contributed by atoms with E-state index < -0.39 is 0 Å². The molecule has 2 aromatic carbocycles. The van der Waals surface area contributed by atoms with Crippen LogP contribution < -0.4 is 5.32 Å². The van der Waals surface area contributed by atoms with Crippen LogP contribution in [0.3, 0.4) is 0 Å². The minimum absolute atomic E-state index is 0.0298. The van der Waals surface area contributed by atoms with E-state index in [1.54, 1.807) is 13.0 Å². The largest absolute Gasteiger partial charge is 0.463 e. The molecule has 1 aliphatic carbocycles. The Bertz CT molecular complexity index is 822. The van der Waals surface area contributed by atoms with Crippen LogP contribution in [0.15, 0.2) is 48.5 Å². The standard InChI is InChI=1S/C22H23NO3/c1-2-26-22(25)13-9-16-7-11-20(12-8-16)23-21(24)15-17-6-10-18-4-3-5-19(18)14-17/h6-14H,2-5,15H2,1H3,(H,23,24)/b13-9+. The molecule has 2 aromatic rings. The Morgan fingerprint density at radius 1 is 1.08 bits per heavy atom. The van der Waals surface area contributed by atoms with Gasteiger partial charge in [0.2, 0.25) is 5.91 Å². The third-order valence-corrected chi connectivity index (χ3v) is 4.42. The van der Waals surface area contributed by atoms with Crippen LogP contribution in [0.5, 0.6) is 0 Å². The van der Waals surface area contributed by atoms with Crippen molar-refractivity contribution in [3.05, 3.63) is 70.8 Å². The van der Waals surface area contributed by atoms with Gasteiger partial charge >= 0.3 is 5.97 Å². The number of aryl methyl sites for hydroxylation is 2. The van der Waals surface area contributed by atoms with Crippen LogP contribution in [-0.4, -0.2) is 18.5 Å². The van der Waals surface area contributed by atoms with Gasteiger partial charge in [0.1, 0.15) is 0 Å². The van der Waals surface area contributed by atoms with Gasteiger partial charge in [-0.15, -0.1) is 0 Å². The zero-order chi connectivity index (χ0) is 18.4. The second-order valence-electron chi connectivity index (χ2n) is 6.39. The summed E-state index contributed by atoms with van der Waals surface area (Å²) in [5.74, 6) is -0.392. The van der Waals surface area contributed by atoms with Gasteiger partial charge in [-0.1, -0.05) is 30.3 Å². The average Bonchev–Trinajstić information content (AvgIpc) is 3.09. The van der Waals surface area contributed by atoms with E-state index in [1.165, 1.54) is 23.6 Å². The summed E-state index contributed by atoms with van der Waals surface area (Å²) in [5, 5.41) is 2.92. The number of esters is 1. The fourth-order valence-corrected chi connectivity index (χ4v) is 3.16. The molecule has 0 bridgehead atoms. The fraction of sp³-hybridized carbons (Fsp3) is 0.273. The van der Waals surface area contributed by atoms with Crippen molar-refractivity contribution in [2.45, 2.75) is 32.6 Å². The summed E-state index contributed by atoms with van der Waals surface area (Å²) in [6, 6.07) is 13.7. The van der Waals surface area contributed by atoms with E-state index in [4.69, 9.17) is 4.74 Å². The Kier molecular flexibility index (Phi) is 5.84. The first kappa shape index (κ1) is 17.9. The van der Waals surface area contributed by atoms with Gasteiger partial charge in [0.25, 0.3) is 0 Å². The highest BCUT2D eigenvalue weighted by Gasteiger charge is 2.12. The van der Waals surface area contributed by atoms with Crippen molar-refractivity contribution in [2.24, 2.45) is 0 Å². The summed E-state index contributed by atoms with van der Waals surface area (Å²) in [5.41, 5.74) is 5.46. The van der Waals surface area contributed by atoms with Crippen LogP contribution in [0.25, 0.3) is 6.08 Å². The summed E-state index contributed by atoms with van der Waals surface area (Å²) >= 11 is 0. The first-order valence-electron chi connectivity index (χ1n) is 8.99. The fourth-order valence-electron chi connectivity index (χ4n) is 3.16. The van der Waals surface area contributed by atoms with E-state index in [9.17, 15) is 9.59 Å². The molecule has 0 heterocycles. The highest BCUT2D eigenvalue weighted by Crippen LogP contribution is 2.23. The van der Waals surface area contributed by atoms with Crippen LogP contribution in [-0.2, 0) is 33.6 Å². The van der Waals surface area contributed by atoms with Gasteiger partial charge in [0, 0.05) is 11.8 Å². The van der Waals surface area contributed by atoms with Gasteiger partial charge in [-0.3, -0.25) is 4.79 Å². The van der Waals surface area contributed by atoms with E-state index >= 15 is 0 Å². The van der Waals surface area contributed by atoms with Crippen molar-refractivity contribution >= 4 is 23.6 Å². The highest BCUT2D eigenvalue weighted by molar-refractivity contribution is 5.92. The average molecular weight is 349 g/mol. The van der Waals surface area contributed by atoms with Gasteiger partial charge in [0.05, 0.1) is 13.0 Å². The van der Waals surface area contributed by atoms with Crippen LogP contribution in [0, 0.1) is 0 Å². The lowest BCUT2D eigenvalue weighted by molar-refractivity contribution is -0.137. The lowest BCUT2D eigenvalue weighted by atomic mass is 10.0. The number of ether oxygens (including phenoxy) is 1. The van der Waals surface area contributed by atoms with E-state index in [0.29, 0.717) is 13.0 Å². The number of fused-ring (bicyclic) bond motifs is 1. The van der Waals surface area contributed by atoms with Gasteiger partial charge in [-0.2, -0.15) is 0 Å². The maximum atomic E-state index is 12.3. The second-order valence-corrected chi connectivity index (χ2v) is 6.39.